The summed E-state index contributed by atoms with van der Waals surface area (Å²) in [6.07, 6.45) is 1.13. The van der Waals surface area contributed by atoms with E-state index >= 15 is 0 Å². The van der Waals surface area contributed by atoms with Crippen molar-refractivity contribution in [1.82, 2.24) is 5.32 Å². The molecule has 1 heterocycles. The third kappa shape index (κ3) is 4.36. The van der Waals surface area contributed by atoms with Crippen LogP contribution in [0.2, 0.25) is 0 Å². The Labute approximate surface area is 127 Å². The number of hydrogen-bond acceptors (Lipinski definition) is 3. The first kappa shape index (κ1) is 15.6. The Kier molecular flexibility index (Phi) is 5.45. The standard InChI is InChI=1S/C18H25NO2/c1-5-8-19-11-18-10-16(15(4)21-18)12-20-17-7-6-13(2)14(3)9-17/h6-7,9-10,19H,5,8,11-12H2,1-4H3. The smallest absolute Gasteiger partial charge is 0.120 e. The lowest BCUT2D eigenvalue weighted by molar-refractivity contribution is 0.302. The number of benzene rings is 1. The minimum absolute atomic E-state index is 0.547. The van der Waals surface area contributed by atoms with Gasteiger partial charge in [0.2, 0.25) is 0 Å². The zero-order valence-electron chi connectivity index (χ0n) is 13.5. The normalized spacial score (nSPS) is 10.9. The van der Waals surface area contributed by atoms with Gasteiger partial charge in [0.1, 0.15) is 23.9 Å². The van der Waals surface area contributed by atoms with Crippen molar-refractivity contribution < 1.29 is 9.15 Å². The van der Waals surface area contributed by atoms with Gasteiger partial charge in [-0.1, -0.05) is 13.0 Å². The summed E-state index contributed by atoms with van der Waals surface area (Å²) in [4.78, 5) is 0. The number of aryl methyl sites for hydroxylation is 3. The van der Waals surface area contributed by atoms with Crippen molar-refractivity contribution in [1.29, 1.82) is 0 Å². The van der Waals surface area contributed by atoms with Gasteiger partial charge < -0.3 is 14.5 Å². The lowest BCUT2D eigenvalue weighted by Crippen LogP contribution is -2.13. The molecule has 0 saturated carbocycles. The summed E-state index contributed by atoms with van der Waals surface area (Å²) in [5.41, 5.74) is 3.65. The molecule has 0 bridgehead atoms. The molecule has 2 aromatic rings. The fourth-order valence-corrected chi connectivity index (χ4v) is 2.17. The molecular formula is C18H25NO2. The van der Waals surface area contributed by atoms with Crippen molar-refractivity contribution in [2.24, 2.45) is 0 Å². The monoisotopic (exact) mass is 287 g/mol. The highest BCUT2D eigenvalue weighted by atomic mass is 16.5. The first-order chi connectivity index (χ1) is 10.1. The fourth-order valence-electron chi connectivity index (χ4n) is 2.17. The van der Waals surface area contributed by atoms with E-state index in [-0.39, 0.29) is 0 Å². The zero-order valence-corrected chi connectivity index (χ0v) is 13.5. The van der Waals surface area contributed by atoms with E-state index in [1.807, 2.05) is 13.0 Å². The molecule has 0 aliphatic heterocycles. The molecule has 3 nitrogen and oxygen atoms in total. The summed E-state index contributed by atoms with van der Waals surface area (Å²) in [5.74, 6) is 2.82. The molecule has 2 rings (SSSR count). The number of furan rings is 1. The van der Waals surface area contributed by atoms with Gasteiger partial charge in [0.25, 0.3) is 0 Å². The Morgan fingerprint density at radius 2 is 1.90 bits per heavy atom. The Morgan fingerprint density at radius 3 is 2.62 bits per heavy atom. The van der Waals surface area contributed by atoms with Crippen molar-refractivity contribution >= 4 is 0 Å². The second-order valence-electron chi connectivity index (χ2n) is 5.51. The third-order valence-electron chi connectivity index (χ3n) is 3.67. The largest absolute Gasteiger partial charge is 0.489 e. The highest BCUT2D eigenvalue weighted by Crippen LogP contribution is 2.20. The lowest BCUT2D eigenvalue weighted by Gasteiger charge is -2.07. The summed E-state index contributed by atoms with van der Waals surface area (Å²) >= 11 is 0. The second kappa shape index (κ2) is 7.32. The molecule has 0 unspecified atom stereocenters. The second-order valence-corrected chi connectivity index (χ2v) is 5.51. The summed E-state index contributed by atoms with van der Waals surface area (Å²) in [6.45, 7) is 10.7. The molecule has 114 valence electrons. The molecule has 0 aliphatic rings. The van der Waals surface area contributed by atoms with Crippen molar-refractivity contribution in [3.63, 3.8) is 0 Å². The van der Waals surface area contributed by atoms with Gasteiger partial charge in [-0.3, -0.25) is 0 Å². The molecule has 3 heteroatoms. The predicted molar refractivity (Wildman–Crippen MR) is 85.7 cm³/mol. The first-order valence-corrected chi connectivity index (χ1v) is 7.59. The molecule has 1 aromatic carbocycles. The van der Waals surface area contributed by atoms with E-state index in [0.717, 1.165) is 42.3 Å². The van der Waals surface area contributed by atoms with Gasteiger partial charge in [0.15, 0.2) is 0 Å². The minimum atomic E-state index is 0.547. The van der Waals surface area contributed by atoms with Crippen LogP contribution in [0.4, 0.5) is 0 Å². The molecule has 0 aliphatic carbocycles. The van der Waals surface area contributed by atoms with E-state index in [9.17, 15) is 0 Å². The van der Waals surface area contributed by atoms with Crippen LogP contribution >= 0.6 is 0 Å². The Balaban J connectivity index is 1.94. The Morgan fingerprint density at radius 1 is 1.10 bits per heavy atom. The SMILES string of the molecule is CCCNCc1cc(COc2ccc(C)c(C)c2)c(C)o1. The van der Waals surface area contributed by atoms with Gasteiger partial charge in [0, 0.05) is 5.56 Å². The van der Waals surface area contributed by atoms with Gasteiger partial charge >= 0.3 is 0 Å². The minimum Gasteiger partial charge on any atom is -0.489 e. The van der Waals surface area contributed by atoms with Crippen molar-refractivity contribution in [2.75, 3.05) is 6.54 Å². The highest BCUT2D eigenvalue weighted by Gasteiger charge is 2.08. The van der Waals surface area contributed by atoms with Gasteiger partial charge in [0.05, 0.1) is 6.54 Å². The predicted octanol–water partition coefficient (Wildman–Crippen LogP) is 4.28. The van der Waals surface area contributed by atoms with Crippen molar-refractivity contribution in [3.05, 3.63) is 52.5 Å². The van der Waals surface area contributed by atoms with Crippen LogP contribution in [0.25, 0.3) is 0 Å². The van der Waals surface area contributed by atoms with Crippen LogP contribution in [0.5, 0.6) is 5.75 Å². The van der Waals surface area contributed by atoms with Crippen LogP contribution in [-0.2, 0) is 13.2 Å². The van der Waals surface area contributed by atoms with E-state index in [1.54, 1.807) is 0 Å². The molecule has 0 radical (unpaired) electrons. The van der Waals surface area contributed by atoms with E-state index in [2.05, 4.69) is 44.3 Å². The molecular weight excluding hydrogens is 262 g/mol. The van der Waals surface area contributed by atoms with Crippen LogP contribution < -0.4 is 10.1 Å². The highest BCUT2D eigenvalue weighted by molar-refractivity contribution is 5.34. The van der Waals surface area contributed by atoms with Crippen molar-refractivity contribution in [3.8, 4) is 5.75 Å². The maximum absolute atomic E-state index is 5.87. The van der Waals surface area contributed by atoms with Gasteiger partial charge in [-0.15, -0.1) is 0 Å². The molecule has 1 N–H and O–H groups in total. The first-order valence-electron chi connectivity index (χ1n) is 7.59. The quantitative estimate of drug-likeness (QED) is 0.772. The Hall–Kier alpha value is -1.74. The van der Waals surface area contributed by atoms with Gasteiger partial charge in [-0.25, -0.2) is 0 Å². The zero-order chi connectivity index (χ0) is 15.2. The van der Waals surface area contributed by atoms with E-state index in [0.29, 0.717) is 6.61 Å². The average molecular weight is 287 g/mol. The third-order valence-corrected chi connectivity index (χ3v) is 3.67. The van der Waals surface area contributed by atoms with Gasteiger partial charge in [-0.2, -0.15) is 0 Å². The Bertz CT molecular complexity index is 587. The molecule has 21 heavy (non-hydrogen) atoms. The summed E-state index contributed by atoms with van der Waals surface area (Å²) in [6, 6.07) is 8.27. The summed E-state index contributed by atoms with van der Waals surface area (Å²) in [5, 5.41) is 3.34. The molecule has 0 spiro atoms. The van der Waals surface area contributed by atoms with Crippen LogP contribution in [0.3, 0.4) is 0 Å². The van der Waals surface area contributed by atoms with Gasteiger partial charge in [-0.05, 0) is 63.1 Å². The molecule has 0 amide bonds. The fraction of sp³-hybridized carbons (Fsp3) is 0.444. The number of hydrogen-bond donors (Lipinski definition) is 1. The molecule has 0 saturated heterocycles. The maximum atomic E-state index is 5.87. The van der Waals surface area contributed by atoms with Crippen LogP contribution in [0.15, 0.2) is 28.7 Å². The number of nitrogens with one attached hydrogen (secondary N) is 1. The number of rotatable bonds is 7. The van der Waals surface area contributed by atoms with Crippen LogP contribution in [-0.4, -0.2) is 6.54 Å². The lowest BCUT2D eigenvalue weighted by atomic mass is 10.1. The van der Waals surface area contributed by atoms with E-state index in [1.165, 1.54) is 11.1 Å². The van der Waals surface area contributed by atoms with Crippen LogP contribution in [0, 0.1) is 20.8 Å². The van der Waals surface area contributed by atoms with Crippen molar-refractivity contribution in [2.45, 2.75) is 47.3 Å². The van der Waals surface area contributed by atoms with Crippen LogP contribution in [0.1, 0.15) is 41.6 Å². The number of ether oxygens (including phenoxy) is 1. The molecule has 0 fully saturated rings. The van der Waals surface area contributed by atoms with E-state index in [4.69, 9.17) is 9.15 Å². The summed E-state index contributed by atoms with van der Waals surface area (Å²) < 4.78 is 11.6. The average Bonchev–Trinajstić information content (AvgIpc) is 2.81. The summed E-state index contributed by atoms with van der Waals surface area (Å²) in [7, 11) is 0. The molecule has 1 aromatic heterocycles. The maximum Gasteiger partial charge on any atom is 0.120 e. The topological polar surface area (TPSA) is 34.4 Å². The van der Waals surface area contributed by atoms with E-state index < -0.39 is 0 Å². The molecule has 0 atom stereocenters.